The van der Waals surface area contributed by atoms with Crippen molar-refractivity contribution in [3.63, 3.8) is 0 Å². The molecule has 0 radical (unpaired) electrons. The second-order valence-corrected chi connectivity index (χ2v) is 7.44. The van der Waals surface area contributed by atoms with Gasteiger partial charge in [0, 0.05) is 27.6 Å². The third-order valence-electron chi connectivity index (χ3n) is 5.17. The Kier molecular flexibility index (Phi) is 3.34. The molecule has 1 aliphatic carbocycles. The second kappa shape index (κ2) is 5.27. The Hall–Kier alpha value is -2.00. The zero-order valence-electron chi connectivity index (χ0n) is 13.8. The Morgan fingerprint density at radius 3 is 2.78 bits per heavy atom. The van der Waals surface area contributed by atoms with E-state index >= 15 is 0 Å². The number of hydrogen-bond donors (Lipinski definition) is 1. The van der Waals surface area contributed by atoms with E-state index in [1.807, 2.05) is 18.4 Å². The monoisotopic (exact) mass is 323 g/mol. The van der Waals surface area contributed by atoms with E-state index < -0.39 is 0 Å². The van der Waals surface area contributed by atoms with Crippen molar-refractivity contribution < 1.29 is 4.74 Å². The van der Waals surface area contributed by atoms with Crippen molar-refractivity contribution in [3.05, 3.63) is 63.7 Å². The Bertz CT molecular complexity index is 901. The number of aromatic nitrogens is 1. The van der Waals surface area contributed by atoms with Crippen molar-refractivity contribution in [2.75, 3.05) is 7.11 Å². The van der Waals surface area contributed by atoms with E-state index in [1.165, 1.54) is 32.5 Å². The number of hydrogen-bond acceptors (Lipinski definition) is 2. The molecule has 0 amide bonds. The molecule has 0 aliphatic heterocycles. The van der Waals surface area contributed by atoms with E-state index in [4.69, 9.17) is 4.74 Å². The number of methoxy groups -OCH3 is 1. The van der Waals surface area contributed by atoms with Crippen LogP contribution in [0.5, 0.6) is 0 Å². The number of thiophene rings is 1. The van der Waals surface area contributed by atoms with Gasteiger partial charge in [0.1, 0.15) is 5.76 Å². The number of rotatable bonds is 3. The molecule has 3 aromatic rings. The fourth-order valence-electron chi connectivity index (χ4n) is 3.97. The molecule has 1 atom stereocenters. The van der Waals surface area contributed by atoms with Gasteiger partial charge in [0.2, 0.25) is 0 Å². The number of allylic oxidation sites excluding steroid dienone is 2. The van der Waals surface area contributed by atoms with Crippen LogP contribution in [0.4, 0.5) is 0 Å². The molecule has 118 valence electrons. The summed E-state index contributed by atoms with van der Waals surface area (Å²) < 4.78 is 5.96. The second-order valence-electron chi connectivity index (χ2n) is 6.52. The van der Waals surface area contributed by atoms with E-state index in [2.05, 4.69) is 60.7 Å². The van der Waals surface area contributed by atoms with Crippen molar-refractivity contribution in [1.82, 2.24) is 4.98 Å². The topological polar surface area (TPSA) is 25.0 Å². The Morgan fingerprint density at radius 1 is 1.22 bits per heavy atom. The molecule has 0 saturated heterocycles. The van der Waals surface area contributed by atoms with Crippen molar-refractivity contribution in [2.45, 2.75) is 32.1 Å². The maximum atomic E-state index is 5.96. The molecule has 0 fully saturated rings. The highest BCUT2D eigenvalue weighted by molar-refractivity contribution is 7.11. The normalized spacial score (nSPS) is 21.3. The highest BCUT2D eigenvalue weighted by Gasteiger charge is 2.42. The lowest BCUT2D eigenvalue weighted by atomic mass is 9.80. The molecule has 0 spiro atoms. The minimum atomic E-state index is -0.0693. The molecular weight excluding hydrogens is 302 g/mol. The van der Waals surface area contributed by atoms with Crippen LogP contribution in [0.15, 0.2) is 47.7 Å². The minimum Gasteiger partial charge on any atom is -0.500 e. The number of aromatic amines is 1. The third-order valence-corrected chi connectivity index (χ3v) is 6.25. The van der Waals surface area contributed by atoms with Crippen LogP contribution in [0.3, 0.4) is 0 Å². The van der Waals surface area contributed by atoms with Gasteiger partial charge in [-0.3, -0.25) is 0 Å². The maximum absolute atomic E-state index is 5.96. The summed E-state index contributed by atoms with van der Waals surface area (Å²) in [5.41, 5.74) is 5.20. The van der Waals surface area contributed by atoms with Crippen LogP contribution in [0.25, 0.3) is 16.5 Å². The highest BCUT2D eigenvalue weighted by atomic mass is 32.1. The van der Waals surface area contributed by atoms with Gasteiger partial charge >= 0.3 is 0 Å². The molecule has 1 unspecified atom stereocenters. The lowest BCUT2D eigenvalue weighted by Gasteiger charge is -2.27. The van der Waals surface area contributed by atoms with Crippen LogP contribution < -0.4 is 0 Å². The molecule has 0 bridgehead atoms. The zero-order chi connectivity index (χ0) is 16.0. The van der Waals surface area contributed by atoms with Gasteiger partial charge in [-0.05, 0) is 55.3 Å². The van der Waals surface area contributed by atoms with Crippen molar-refractivity contribution in [3.8, 4) is 0 Å². The summed E-state index contributed by atoms with van der Waals surface area (Å²) in [6.45, 7) is 4.50. The molecule has 1 N–H and O–H groups in total. The fourth-order valence-corrected chi connectivity index (χ4v) is 4.97. The summed E-state index contributed by atoms with van der Waals surface area (Å²) in [7, 11) is 1.82. The summed E-state index contributed by atoms with van der Waals surface area (Å²) in [5.74, 6) is 1.13. The summed E-state index contributed by atoms with van der Waals surface area (Å²) in [5, 5.41) is 3.47. The molecule has 23 heavy (non-hydrogen) atoms. The van der Waals surface area contributed by atoms with Gasteiger partial charge < -0.3 is 9.72 Å². The van der Waals surface area contributed by atoms with Crippen molar-refractivity contribution in [2.24, 2.45) is 0 Å². The molecule has 3 heteroatoms. The molecule has 2 heterocycles. The quantitative estimate of drug-likeness (QED) is 0.662. The lowest BCUT2D eigenvalue weighted by molar-refractivity contribution is 0.236. The average Bonchev–Trinajstić information content (AvgIpc) is 3.24. The first-order chi connectivity index (χ1) is 11.1. The first-order valence-corrected chi connectivity index (χ1v) is 8.92. The van der Waals surface area contributed by atoms with Gasteiger partial charge in [0.15, 0.2) is 0 Å². The number of para-hydroxylation sites is 1. The van der Waals surface area contributed by atoms with E-state index in [-0.39, 0.29) is 5.41 Å². The smallest absolute Gasteiger partial charge is 0.110 e. The predicted octanol–water partition coefficient (Wildman–Crippen LogP) is 5.65. The van der Waals surface area contributed by atoms with Crippen molar-refractivity contribution >= 4 is 27.8 Å². The number of nitrogens with one attached hydrogen (secondary N) is 1. The molecule has 1 aromatic carbocycles. The van der Waals surface area contributed by atoms with Crippen LogP contribution >= 0.6 is 11.3 Å². The van der Waals surface area contributed by atoms with E-state index in [0.29, 0.717) is 0 Å². The summed E-state index contributed by atoms with van der Waals surface area (Å²) in [6.07, 6.45) is 4.32. The standard InChI is InChI=1S/C20H21NOS/c1-13-9-11-23-18(13)15-8-10-20(2,19(15)22-3)16-12-21-17-7-5-4-6-14(16)17/h4-7,9,11-12,21H,8,10H2,1-3H3. The third kappa shape index (κ3) is 2.07. The number of ether oxygens (including phenoxy) is 1. The largest absolute Gasteiger partial charge is 0.500 e. The average molecular weight is 323 g/mol. The Balaban J connectivity index is 1.91. The SMILES string of the molecule is COC1=C(c2sccc2C)CCC1(C)c1c[nH]c2ccccc12. The molecule has 2 nitrogen and oxygen atoms in total. The van der Waals surface area contributed by atoms with Crippen molar-refractivity contribution in [1.29, 1.82) is 0 Å². The Morgan fingerprint density at radius 2 is 2.04 bits per heavy atom. The van der Waals surface area contributed by atoms with Gasteiger partial charge in [0.25, 0.3) is 0 Å². The molecule has 2 aromatic heterocycles. The minimum absolute atomic E-state index is 0.0693. The maximum Gasteiger partial charge on any atom is 0.110 e. The van der Waals surface area contributed by atoms with E-state index in [9.17, 15) is 0 Å². The number of fused-ring (bicyclic) bond motifs is 1. The summed E-state index contributed by atoms with van der Waals surface area (Å²) in [6, 6.07) is 10.7. The molecule has 4 rings (SSSR count). The van der Waals surface area contributed by atoms with Crippen LogP contribution in [0.2, 0.25) is 0 Å². The number of H-pyrrole nitrogens is 1. The van der Waals surface area contributed by atoms with Crippen LogP contribution in [0, 0.1) is 6.92 Å². The van der Waals surface area contributed by atoms with Crippen LogP contribution in [-0.4, -0.2) is 12.1 Å². The fraction of sp³-hybridized carbons (Fsp3) is 0.300. The molecule has 1 aliphatic rings. The Labute approximate surface area is 140 Å². The zero-order valence-corrected chi connectivity index (χ0v) is 14.6. The number of aryl methyl sites for hydroxylation is 1. The van der Waals surface area contributed by atoms with Gasteiger partial charge in [-0.15, -0.1) is 11.3 Å². The van der Waals surface area contributed by atoms with E-state index in [0.717, 1.165) is 18.6 Å². The van der Waals surface area contributed by atoms with E-state index in [1.54, 1.807) is 0 Å². The first-order valence-electron chi connectivity index (χ1n) is 8.04. The van der Waals surface area contributed by atoms with Crippen LogP contribution in [-0.2, 0) is 10.2 Å². The van der Waals surface area contributed by atoms with Crippen LogP contribution in [0.1, 0.15) is 35.8 Å². The predicted molar refractivity (Wildman–Crippen MR) is 97.9 cm³/mol. The highest BCUT2D eigenvalue weighted by Crippen LogP contribution is 2.51. The van der Waals surface area contributed by atoms with Gasteiger partial charge in [-0.2, -0.15) is 0 Å². The van der Waals surface area contributed by atoms with Gasteiger partial charge in [-0.1, -0.05) is 18.2 Å². The summed E-state index contributed by atoms with van der Waals surface area (Å²) >= 11 is 1.82. The molecular formula is C20H21NOS. The van der Waals surface area contributed by atoms with Gasteiger partial charge in [0.05, 0.1) is 12.5 Å². The molecule has 0 saturated carbocycles. The van der Waals surface area contributed by atoms with Gasteiger partial charge in [-0.25, -0.2) is 0 Å². The number of benzene rings is 1. The first kappa shape index (κ1) is 14.6. The summed E-state index contributed by atoms with van der Waals surface area (Å²) in [4.78, 5) is 4.80. The lowest BCUT2D eigenvalue weighted by Crippen LogP contribution is -2.22.